The summed E-state index contributed by atoms with van der Waals surface area (Å²) < 4.78 is 10.4. The smallest absolute Gasteiger partial charge is 0.274 e. The Labute approximate surface area is 168 Å². The lowest BCUT2D eigenvalue weighted by atomic mass is 10.2. The molecule has 3 rings (SSSR count). The fourth-order valence-corrected chi connectivity index (χ4v) is 2.73. The van der Waals surface area contributed by atoms with E-state index in [1.807, 2.05) is 25.1 Å². The highest BCUT2D eigenvalue weighted by Gasteiger charge is 2.13. The zero-order valence-electron chi connectivity index (χ0n) is 16.4. The minimum absolute atomic E-state index is 0.145. The van der Waals surface area contributed by atoms with Gasteiger partial charge in [0.25, 0.3) is 11.8 Å². The van der Waals surface area contributed by atoms with Crippen LogP contribution in [0.3, 0.4) is 0 Å². The fraction of sp³-hybridized carbons (Fsp3) is 0.136. The molecule has 0 radical (unpaired) electrons. The molecule has 0 bridgehead atoms. The third kappa shape index (κ3) is 4.90. The van der Waals surface area contributed by atoms with Gasteiger partial charge in [-0.15, -0.1) is 0 Å². The molecule has 0 unspecified atom stereocenters. The molecule has 0 aliphatic carbocycles. The lowest BCUT2D eigenvalue weighted by Gasteiger charge is -2.11. The summed E-state index contributed by atoms with van der Waals surface area (Å²) in [7, 11) is 3.06. The molecule has 0 aliphatic heterocycles. The van der Waals surface area contributed by atoms with Gasteiger partial charge in [0, 0.05) is 29.2 Å². The minimum atomic E-state index is -0.392. The van der Waals surface area contributed by atoms with Crippen LogP contribution in [0.15, 0.2) is 60.8 Å². The summed E-state index contributed by atoms with van der Waals surface area (Å²) in [5, 5.41) is 5.55. The number of amides is 2. The number of pyridine rings is 1. The predicted octanol–water partition coefficient (Wildman–Crippen LogP) is 3.91. The Morgan fingerprint density at radius 1 is 0.828 bits per heavy atom. The van der Waals surface area contributed by atoms with E-state index in [4.69, 9.17) is 9.47 Å². The maximum Gasteiger partial charge on any atom is 0.274 e. The average Bonchev–Trinajstić information content (AvgIpc) is 2.73. The van der Waals surface area contributed by atoms with Crippen molar-refractivity contribution in [2.45, 2.75) is 6.92 Å². The molecule has 3 aromatic rings. The molecule has 0 aliphatic rings. The number of nitrogens with zero attached hydrogens (tertiary/aromatic N) is 1. The molecule has 0 saturated heterocycles. The molecule has 7 heteroatoms. The topological polar surface area (TPSA) is 89.5 Å². The van der Waals surface area contributed by atoms with Crippen molar-refractivity contribution in [2.24, 2.45) is 0 Å². The first-order valence-electron chi connectivity index (χ1n) is 8.87. The summed E-state index contributed by atoms with van der Waals surface area (Å²) in [6, 6.07) is 15.5. The molecule has 0 saturated carbocycles. The number of nitrogens with one attached hydrogen (secondary N) is 2. The molecule has 1 heterocycles. The van der Waals surface area contributed by atoms with Gasteiger partial charge in [0.1, 0.15) is 5.69 Å². The maximum absolute atomic E-state index is 12.6. The second-order valence-corrected chi connectivity index (χ2v) is 6.28. The Hall–Kier alpha value is -3.87. The van der Waals surface area contributed by atoms with Gasteiger partial charge in [-0.1, -0.05) is 12.1 Å². The first-order valence-corrected chi connectivity index (χ1v) is 8.87. The molecule has 148 valence electrons. The van der Waals surface area contributed by atoms with Crippen molar-refractivity contribution in [2.75, 3.05) is 24.9 Å². The highest BCUT2D eigenvalue weighted by Crippen LogP contribution is 2.29. The maximum atomic E-state index is 12.6. The van der Waals surface area contributed by atoms with Gasteiger partial charge in [0.05, 0.1) is 14.2 Å². The van der Waals surface area contributed by atoms with E-state index in [1.165, 1.54) is 26.5 Å². The summed E-state index contributed by atoms with van der Waals surface area (Å²) >= 11 is 0. The standard InChI is InChI=1S/C22H21N3O4/c1-14-5-4-6-16(11-14)25-22(27)18-12-15(9-10-23-18)21(26)24-17-7-8-19(28-2)20(13-17)29-3/h4-13H,1-3H3,(H,24,26)(H,25,27). The van der Waals surface area contributed by atoms with Crippen LogP contribution in [0, 0.1) is 6.92 Å². The zero-order valence-corrected chi connectivity index (χ0v) is 16.4. The molecule has 0 spiro atoms. The number of anilines is 2. The summed E-state index contributed by atoms with van der Waals surface area (Å²) in [6.45, 7) is 1.94. The second-order valence-electron chi connectivity index (χ2n) is 6.28. The van der Waals surface area contributed by atoms with Gasteiger partial charge in [-0.05, 0) is 48.9 Å². The molecule has 1 aromatic heterocycles. The van der Waals surface area contributed by atoms with Crippen LogP contribution >= 0.6 is 0 Å². The first-order chi connectivity index (χ1) is 14.0. The highest BCUT2D eigenvalue weighted by molar-refractivity contribution is 6.07. The van der Waals surface area contributed by atoms with Gasteiger partial charge < -0.3 is 20.1 Å². The monoisotopic (exact) mass is 391 g/mol. The number of carbonyl (C=O) groups is 2. The molecule has 29 heavy (non-hydrogen) atoms. The van der Waals surface area contributed by atoms with Crippen LogP contribution in [0.4, 0.5) is 11.4 Å². The summed E-state index contributed by atoms with van der Waals surface area (Å²) in [5.74, 6) is 0.295. The van der Waals surface area contributed by atoms with Gasteiger partial charge in [-0.3, -0.25) is 14.6 Å². The van der Waals surface area contributed by atoms with Crippen LogP contribution < -0.4 is 20.1 Å². The largest absolute Gasteiger partial charge is 0.493 e. The number of benzene rings is 2. The number of carbonyl (C=O) groups excluding carboxylic acids is 2. The Kier molecular flexibility index (Phi) is 6.09. The van der Waals surface area contributed by atoms with E-state index < -0.39 is 5.91 Å². The molecular formula is C22H21N3O4. The van der Waals surface area contributed by atoms with Crippen molar-refractivity contribution in [1.29, 1.82) is 0 Å². The Balaban J connectivity index is 1.74. The molecule has 0 atom stereocenters. The number of aryl methyl sites for hydroxylation is 1. The van der Waals surface area contributed by atoms with Crippen molar-refractivity contribution >= 4 is 23.2 Å². The summed E-state index contributed by atoms with van der Waals surface area (Å²) in [4.78, 5) is 29.1. The SMILES string of the molecule is COc1ccc(NC(=O)c2ccnc(C(=O)Nc3cccc(C)c3)c2)cc1OC. The van der Waals surface area contributed by atoms with E-state index in [2.05, 4.69) is 15.6 Å². The lowest BCUT2D eigenvalue weighted by molar-refractivity contribution is 0.102. The number of rotatable bonds is 6. The van der Waals surface area contributed by atoms with Crippen LogP contribution in [0.5, 0.6) is 11.5 Å². The van der Waals surface area contributed by atoms with Gasteiger partial charge in [-0.2, -0.15) is 0 Å². The average molecular weight is 391 g/mol. The minimum Gasteiger partial charge on any atom is -0.493 e. The Morgan fingerprint density at radius 2 is 1.55 bits per heavy atom. The molecule has 0 fully saturated rings. The van der Waals surface area contributed by atoms with E-state index in [1.54, 1.807) is 30.3 Å². The van der Waals surface area contributed by atoms with Crippen molar-refractivity contribution in [3.8, 4) is 11.5 Å². The van der Waals surface area contributed by atoms with Crippen molar-refractivity contribution in [1.82, 2.24) is 4.98 Å². The Morgan fingerprint density at radius 3 is 2.28 bits per heavy atom. The zero-order chi connectivity index (χ0) is 20.8. The van der Waals surface area contributed by atoms with Crippen molar-refractivity contribution in [3.63, 3.8) is 0 Å². The van der Waals surface area contributed by atoms with Crippen molar-refractivity contribution < 1.29 is 19.1 Å². The lowest BCUT2D eigenvalue weighted by Crippen LogP contribution is -2.17. The van der Waals surface area contributed by atoms with Gasteiger partial charge >= 0.3 is 0 Å². The first kappa shape index (κ1) is 19.9. The molecule has 7 nitrogen and oxygen atoms in total. The molecular weight excluding hydrogens is 370 g/mol. The van der Waals surface area contributed by atoms with Crippen LogP contribution in [0.25, 0.3) is 0 Å². The van der Waals surface area contributed by atoms with Gasteiger partial charge in [-0.25, -0.2) is 0 Å². The third-order valence-electron chi connectivity index (χ3n) is 4.17. The van der Waals surface area contributed by atoms with E-state index in [0.717, 1.165) is 5.56 Å². The number of ether oxygens (including phenoxy) is 2. The molecule has 2 amide bonds. The van der Waals surface area contributed by atoms with E-state index >= 15 is 0 Å². The highest BCUT2D eigenvalue weighted by atomic mass is 16.5. The third-order valence-corrected chi connectivity index (χ3v) is 4.17. The normalized spacial score (nSPS) is 10.2. The number of hydrogen-bond acceptors (Lipinski definition) is 5. The van der Waals surface area contributed by atoms with Gasteiger partial charge in [0.15, 0.2) is 11.5 Å². The van der Waals surface area contributed by atoms with E-state index in [-0.39, 0.29) is 11.6 Å². The second kappa shape index (κ2) is 8.88. The number of hydrogen-bond donors (Lipinski definition) is 2. The number of aromatic nitrogens is 1. The van der Waals surface area contributed by atoms with Crippen LogP contribution in [0.2, 0.25) is 0 Å². The van der Waals surface area contributed by atoms with E-state index in [0.29, 0.717) is 28.4 Å². The van der Waals surface area contributed by atoms with Crippen LogP contribution in [-0.4, -0.2) is 31.0 Å². The quantitative estimate of drug-likeness (QED) is 0.665. The van der Waals surface area contributed by atoms with Gasteiger partial charge in [0.2, 0.25) is 0 Å². The predicted molar refractivity (Wildman–Crippen MR) is 111 cm³/mol. The number of methoxy groups -OCH3 is 2. The summed E-state index contributed by atoms with van der Waals surface area (Å²) in [5.41, 5.74) is 2.68. The molecule has 2 N–H and O–H groups in total. The van der Waals surface area contributed by atoms with E-state index in [9.17, 15) is 9.59 Å². The van der Waals surface area contributed by atoms with Crippen molar-refractivity contribution in [3.05, 3.63) is 77.6 Å². The molecule has 2 aromatic carbocycles. The van der Waals surface area contributed by atoms with Crippen LogP contribution in [0.1, 0.15) is 26.4 Å². The fourth-order valence-electron chi connectivity index (χ4n) is 2.73. The van der Waals surface area contributed by atoms with Crippen LogP contribution in [-0.2, 0) is 0 Å². The Bertz CT molecular complexity index is 1050. The summed E-state index contributed by atoms with van der Waals surface area (Å²) in [6.07, 6.45) is 1.43.